The lowest BCUT2D eigenvalue weighted by Crippen LogP contribution is -2.36. The number of hydrogen-bond acceptors (Lipinski definition) is 5. The molecule has 5 nitrogen and oxygen atoms in total. The van der Waals surface area contributed by atoms with Crippen molar-refractivity contribution in [2.75, 3.05) is 7.11 Å². The molecule has 1 aromatic rings. The van der Waals surface area contributed by atoms with Gasteiger partial charge in [0, 0.05) is 6.04 Å². The van der Waals surface area contributed by atoms with E-state index in [4.69, 9.17) is 4.74 Å². The summed E-state index contributed by atoms with van der Waals surface area (Å²) in [7, 11) is 1.45. The van der Waals surface area contributed by atoms with Gasteiger partial charge in [-0.1, -0.05) is 6.92 Å². The first-order valence-electron chi connectivity index (χ1n) is 6.72. The van der Waals surface area contributed by atoms with E-state index in [-0.39, 0.29) is 22.9 Å². The SMILES string of the molecule is CC[C@@H](C)N1C(=O)S/C(=C/c2cc(Br)c(O)c(OC)c2)C1=O. The van der Waals surface area contributed by atoms with E-state index in [1.165, 1.54) is 12.0 Å². The number of rotatable bonds is 4. The maximum Gasteiger partial charge on any atom is 0.293 e. The molecular formula is C15H16BrNO4S. The van der Waals surface area contributed by atoms with Gasteiger partial charge in [0.15, 0.2) is 11.5 Å². The van der Waals surface area contributed by atoms with Gasteiger partial charge in [0.2, 0.25) is 0 Å². The summed E-state index contributed by atoms with van der Waals surface area (Å²) in [5, 5.41) is 9.54. The summed E-state index contributed by atoms with van der Waals surface area (Å²) in [4.78, 5) is 26.0. The molecule has 1 aromatic carbocycles. The topological polar surface area (TPSA) is 66.8 Å². The van der Waals surface area contributed by atoms with Crippen molar-refractivity contribution in [2.45, 2.75) is 26.3 Å². The van der Waals surface area contributed by atoms with E-state index in [9.17, 15) is 14.7 Å². The standard InChI is InChI=1S/C15H16BrNO4S/c1-4-8(2)17-14(19)12(22-15(17)20)7-9-5-10(16)13(18)11(6-9)21-3/h5-8,18H,4H2,1-3H3/b12-7+/t8-/m1/s1. The molecule has 1 N–H and O–H groups in total. The third kappa shape index (κ3) is 3.15. The molecule has 0 aromatic heterocycles. The second kappa shape index (κ2) is 6.75. The molecule has 118 valence electrons. The van der Waals surface area contributed by atoms with Crippen molar-refractivity contribution in [3.63, 3.8) is 0 Å². The average Bonchev–Trinajstić information content (AvgIpc) is 2.76. The smallest absolute Gasteiger partial charge is 0.293 e. The maximum absolute atomic E-state index is 12.4. The fourth-order valence-corrected chi connectivity index (χ4v) is 3.42. The van der Waals surface area contributed by atoms with Gasteiger partial charge in [-0.3, -0.25) is 14.5 Å². The molecule has 0 aliphatic carbocycles. The van der Waals surface area contributed by atoms with Crippen LogP contribution in [0, 0.1) is 0 Å². The van der Waals surface area contributed by atoms with Crippen LogP contribution in [0.2, 0.25) is 0 Å². The Morgan fingerprint density at radius 2 is 2.14 bits per heavy atom. The van der Waals surface area contributed by atoms with Gasteiger partial charge in [0.05, 0.1) is 16.5 Å². The number of halogens is 1. The zero-order valence-corrected chi connectivity index (χ0v) is 14.8. The van der Waals surface area contributed by atoms with Crippen molar-refractivity contribution >= 4 is 44.9 Å². The Morgan fingerprint density at radius 1 is 1.45 bits per heavy atom. The number of ether oxygens (including phenoxy) is 1. The van der Waals surface area contributed by atoms with Gasteiger partial charge in [-0.2, -0.15) is 0 Å². The van der Waals surface area contributed by atoms with Crippen molar-refractivity contribution in [1.82, 2.24) is 4.90 Å². The number of carbonyl (C=O) groups is 2. The van der Waals surface area contributed by atoms with Crippen LogP contribution in [0.1, 0.15) is 25.8 Å². The molecule has 1 aliphatic heterocycles. The van der Waals surface area contributed by atoms with E-state index in [1.54, 1.807) is 18.2 Å². The number of hydrogen-bond donors (Lipinski definition) is 1. The Balaban J connectivity index is 2.37. The zero-order valence-electron chi connectivity index (χ0n) is 12.4. The highest BCUT2D eigenvalue weighted by molar-refractivity contribution is 9.10. The van der Waals surface area contributed by atoms with Crippen molar-refractivity contribution < 1.29 is 19.4 Å². The van der Waals surface area contributed by atoms with E-state index in [0.29, 0.717) is 27.1 Å². The Labute approximate surface area is 141 Å². The summed E-state index contributed by atoms with van der Waals surface area (Å²) in [5.41, 5.74) is 0.663. The number of imide groups is 1. The van der Waals surface area contributed by atoms with Crippen molar-refractivity contribution in [2.24, 2.45) is 0 Å². The third-order valence-corrected chi connectivity index (χ3v) is 4.91. The first-order valence-corrected chi connectivity index (χ1v) is 8.33. The molecular weight excluding hydrogens is 370 g/mol. The fraction of sp³-hybridized carbons (Fsp3) is 0.333. The van der Waals surface area contributed by atoms with Gasteiger partial charge < -0.3 is 9.84 Å². The Kier molecular flexibility index (Phi) is 5.18. The van der Waals surface area contributed by atoms with E-state index < -0.39 is 0 Å². The first kappa shape index (κ1) is 16.9. The average molecular weight is 386 g/mol. The maximum atomic E-state index is 12.4. The highest BCUT2D eigenvalue weighted by Gasteiger charge is 2.37. The quantitative estimate of drug-likeness (QED) is 0.793. The molecule has 1 aliphatic rings. The number of aromatic hydroxyl groups is 1. The van der Waals surface area contributed by atoms with Crippen LogP contribution in [0.3, 0.4) is 0 Å². The number of methoxy groups -OCH3 is 1. The summed E-state index contributed by atoms with van der Waals surface area (Å²) < 4.78 is 5.53. The van der Waals surface area contributed by atoms with Gasteiger partial charge in [0.25, 0.3) is 11.1 Å². The summed E-state index contributed by atoms with van der Waals surface area (Å²) in [6.45, 7) is 3.78. The number of phenolic OH excluding ortho intramolecular Hbond substituents is 1. The van der Waals surface area contributed by atoms with Gasteiger partial charge in [-0.05, 0) is 64.8 Å². The molecule has 1 saturated heterocycles. The number of thioether (sulfide) groups is 1. The van der Waals surface area contributed by atoms with E-state index in [0.717, 1.165) is 11.8 Å². The van der Waals surface area contributed by atoms with Gasteiger partial charge in [0.1, 0.15) is 0 Å². The Hall–Kier alpha value is -1.47. The lowest BCUT2D eigenvalue weighted by atomic mass is 10.1. The second-order valence-corrected chi connectivity index (χ2v) is 6.71. The van der Waals surface area contributed by atoms with Gasteiger partial charge in [-0.25, -0.2) is 0 Å². The van der Waals surface area contributed by atoms with Crippen molar-refractivity contribution in [1.29, 1.82) is 0 Å². The molecule has 22 heavy (non-hydrogen) atoms. The van der Waals surface area contributed by atoms with Crippen molar-refractivity contribution in [3.05, 3.63) is 27.1 Å². The molecule has 0 saturated carbocycles. The summed E-state index contributed by atoms with van der Waals surface area (Å²) in [6.07, 6.45) is 2.34. The Bertz CT molecular complexity index is 659. The molecule has 1 heterocycles. The summed E-state index contributed by atoms with van der Waals surface area (Å²) in [5.74, 6) is 0.00153. The number of phenols is 1. The van der Waals surface area contributed by atoms with E-state index in [2.05, 4.69) is 15.9 Å². The number of benzene rings is 1. The van der Waals surface area contributed by atoms with Crippen LogP contribution in [0.5, 0.6) is 11.5 Å². The van der Waals surface area contributed by atoms with Crippen LogP contribution >= 0.6 is 27.7 Å². The van der Waals surface area contributed by atoms with Gasteiger partial charge in [-0.15, -0.1) is 0 Å². The van der Waals surface area contributed by atoms with Crippen molar-refractivity contribution in [3.8, 4) is 11.5 Å². The number of nitrogens with zero attached hydrogens (tertiary/aromatic N) is 1. The van der Waals surface area contributed by atoms with E-state index >= 15 is 0 Å². The van der Waals surface area contributed by atoms with Crippen LogP contribution in [-0.2, 0) is 4.79 Å². The minimum absolute atomic E-state index is 0.00707. The summed E-state index contributed by atoms with van der Waals surface area (Å²) >= 11 is 4.16. The third-order valence-electron chi connectivity index (χ3n) is 3.42. The second-order valence-electron chi connectivity index (χ2n) is 4.86. The minimum Gasteiger partial charge on any atom is -0.503 e. The fourth-order valence-electron chi connectivity index (χ4n) is 2.03. The molecule has 0 radical (unpaired) electrons. The monoisotopic (exact) mass is 385 g/mol. The number of amides is 2. The molecule has 0 unspecified atom stereocenters. The van der Waals surface area contributed by atoms with E-state index in [1.807, 2.05) is 13.8 Å². The number of carbonyl (C=O) groups excluding carboxylic acids is 2. The molecule has 2 amide bonds. The van der Waals surface area contributed by atoms with Crippen LogP contribution in [0.15, 0.2) is 21.5 Å². The normalized spacial score (nSPS) is 18.2. The summed E-state index contributed by atoms with van der Waals surface area (Å²) in [6, 6.07) is 3.14. The molecule has 0 bridgehead atoms. The van der Waals surface area contributed by atoms with Crippen LogP contribution in [0.25, 0.3) is 6.08 Å². The van der Waals surface area contributed by atoms with Crippen LogP contribution in [0.4, 0.5) is 4.79 Å². The minimum atomic E-state index is -0.285. The Morgan fingerprint density at radius 3 is 2.73 bits per heavy atom. The molecule has 0 spiro atoms. The largest absolute Gasteiger partial charge is 0.503 e. The van der Waals surface area contributed by atoms with Gasteiger partial charge >= 0.3 is 0 Å². The predicted octanol–water partition coefficient (Wildman–Crippen LogP) is 4.00. The van der Waals surface area contributed by atoms with Crippen LogP contribution in [-0.4, -0.2) is 34.3 Å². The van der Waals surface area contributed by atoms with Crippen LogP contribution < -0.4 is 4.74 Å². The molecule has 7 heteroatoms. The highest BCUT2D eigenvalue weighted by Crippen LogP contribution is 2.38. The molecule has 2 rings (SSSR count). The lowest BCUT2D eigenvalue weighted by Gasteiger charge is -2.19. The zero-order chi connectivity index (χ0) is 16.4. The molecule has 1 atom stereocenters. The predicted molar refractivity (Wildman–Crippen MR) is 89.9 cm³/mol. The lowest BCUT2D eigenvalue weighted by molar-refractivity contribution is -0.124. The highest BCUT2D eigenvalue weighted by atomic mass is 79.9. The molecule has 1 fully saturated rings. The first-order chi connectivity index (χ1) is 10.4.